The molecule has 0 bridgehead atoms. The molecule has 2 nitrogen and oxygen atoms in total. The first-order valence-electron chi connectivity index (χ1n) is 5.96. The van der Waals surface area contributed by atoms with Crippen molar-refractivity contribution in [3.05, 3.63) is 23.8 Å². The molecule has 1 atom stereocenters. The van der Waals surface area contributed by atoms with Gasteiger partial charge in [0.25, 0.3) is 0 Å². The van der Waals surface area contributed by atoms with E-state index in [9.17, 15) is 0 Å². The summed E-state index contributed by atoms with van der Waals surface area (Å²) in [6.07, 6.45) is 4.02. The van der Waals surface area contributed by atoms with Crippen molar-refractivity contribution in [2.24, 2.45) is 0 Å². The van der Waals surface area contributed by atoms with Crippen LogP contribution >= 0.6 is 0 Å². The van der Waals surface area contributed by atoms with Crippen molar-refractivity contribution < 1.29 is 0 Å². The third-order valence-electron chi connectivity index (χ3n) is 3.70. The summed E-state index contributed by atoms with van der Waals surface area (Å²) >= 11 is 0. The summed E-state index contributed by atoms with van der Waals surface area (Å²) in [6.45, 7) is 4.59. The lowest BCUT2D eigenvalue weighted by Gasteiger charge is -2.27. The molecule has 2 heterocycles. The van der Waals surface area contributed by atoms with Crippen LogP contribution in [-0.4, -0.2) is 19.1 Å². The number of hydrogen-bond donors (Lipinski definition) is 1. The molecule has 0 saturated carbocycles. The third kappa shape index (κ3) is 1.39. The van der Waals surface area contributed by atoms with Gasteiger partial charge in [-0.15, -0.1) is 0 Å². The summed E-state index contributed by atoms with van der Waals surface area (Å²) in [7, 11) is 0. The highest BCUT2D eigenvalue weighted by Gasteiger charge is 2.29. The van der Waals surface area contributed by atoms with Gasteiger partial charge in [-0.05, 0) is 37.8 Å². The van der Waals surface area contributed by atoms with E-state index in [1.807, 2.05) is 0 Å². The van der Waals surface area contributed by atoms with E-state index in [4.69, 9.17) is 0 Å². The molecule has 2 aliphatic rings. The van der Waals surface area contributed by atoms with Crippen LogP contribution in [0.15, 0.2) is 18.2 Å². The molecule has 1 N–H and O–H groups in total. The molecule has 1 aromatic rings. The van der Waals surface area contributed by atoms with Crippen LogP contribution in [0, 0.1) is 6.92 Å². The fraction of sp³-hybridized carbons (Fsp3) is 0.538. The number of rotatable bonds is 0. The van der Waals surface area contributed by atoms with Crippen LogP contribution in [0.4, 0.5) is 11.4 Å². The summed E-state index contributed by atoms with van der Waals surface area (Å²) < 4.78 is 0. The predicted molar refractivity (Wildman–Crippen MR) is 64.7 cm³/mol. The average molecular weight is 202 g/mol. The average Bonchev–Trinajstić information content (AvgIpc) is 2.60. The van der Waals surface area contributed by atoms with Gasteiger partial charge in [0.15, 0.2) is 0 Å². The highest BCUT2D eigenvalue weighted by atomic mass is 15.2. The van der Waals surface area contributed by atoms with Gasteiger partial charge in [0.1, 0.15) is 0 Å². The molecule has 1 unspecified atom stereocenters. The van der Waals surface area contributed by atoms with Crippen LogP contribution < -0.4 is 10.2 Å². The predicted octanol–water partition coefficient (Wildman–Crippen LogP) is 2.78. The van der Waals surface area contributed by atoms with Gasteiger partial charge in [0.05, 0.1) is 11.4 Å². The molecule has 0 aliphatic carbocycles. The van der Waals surface area contributed by atoms with E-state index in [-0.39, 0.29) is 0 Å². The Bertz CT molecular complexity index is 373. The lowest BCUT2D eigenvalue weighted by atomic mass is 10.1. The molecular formula is C13H18N2. The second kappa shape index (κ2) is 3.44. The molecule has 0 spiro atoms. The SMILES string of the molecule is Cc1cccc2c1N1CCCC1CCN2. The van der Waals surface area contributed by atoms with Gasteiger partial charge < -0.3 is 10.2 Å². The van der Waals surface area contributed by atoms with E-state index in [2.05, 4.69) is 35.3 Å². The number of anilines is 2. The van der Waals surface area contributed by atoms with Crippen molar-refractivity contribution in [3.8, 4) is 0 Å². The Balaban J connectivity index is 2.10. The molecule has 1 aromatic carbocycles. The molecule has 3 rings (SSSR count). The quantitative estimate of drug-likeness (QED) is 0.696. The van der Waals surface area contributed by atoms with Gasteiger partial charge in [0, 0.05) is 19.1 Å². The van der Waals surface area contributed by atoms with Crippen molar-refractivity contribution in [3.63, 3.8) is 0 Å². The van der Waals surface area contributed by atoms with Gasteiger partial charge in [-0.1, -0.05) is 12.1 Å². The molecule has 2 aliphatic heterocycles. The molecule has 80 valence electrons. The van der Waals surface area contributed by atoms with Crippen LogP contribution in [0.1, 0.15) is 24.8 Å². The molecule has 15 heavy (non-hydrogen) atoms. The van der Waals surface area contributed by atoms with Crippen molar-refractivity contribution >= 4 is 11.4 Å². The van der Waals surface area contributed by atoms with E-state index in [0.717, 1.165) is 12.6 Å². The Morgan fingerprint density at radius 3 is 3.20 bits per heavy atom. The van der Waals surface area contributed by atoms with Crippen LogP contribution in [0.3, 0.4) is 0 Å². The van der Waals surface area contributed by atoms with Gasteiger partial charge >= 0.3 is 0 Å². The van der Waals surface area contributed by atoms with Gasteiger partial charge in [0.2, 0.25) is 0 Å². The van der Waals surface area contributed by atoms with Gasteiger partial charge in [-0.3, -0.25) is 0 Å². The number of hydrogen-bond acceptors (Lipinski definition) is 2. The number of nitrogens with one attached hydrogen (secondary N) is 1. The second-order valence-electron chi connectivity index (χ2n) is 4.68. The van der Waals surface area contributed by atoms with E-state index in [0.29, 0.717) is 0 Å². The summed E-state index contributed by atoms with van der Waals surface area (Å²) in [4.78, 5) is 2.62. The van der Waals surface area contributed by atoms with Crippen LogP contribution in [-0.2, 0) is 0 Å². The number of nitrogens with zero attached hydrogens (tertiary/aromatic N) is 1. The first kappa shape index (κ1) is 9.08. The van der Waals surface area contributed by atoms with Crippen molar-refractivity contribution in [1.29, 1.82) is 0 Å². The molecule has 1 saturated heterocycles. The first-order valence-corrected chi connectivity index (χ1v) is 5.96. The fourth-order valence-electron chi connectivity index (χ4n) is 2.99. The summed E-state index contributed by atoms with van der Waals surface area (Å²) in [5.41, 5.74) is 4.20. The van der Waals surface area contributed by atoms with Crippen LogP contribution in [0.5, 0.6) is 0 Å². The monoisotopic (exact) mass is 202 g/mol. The zero-order valence-corrected chi connectivity index (χ0v) is 9.29. The fourth-order valence-corrected chi connectivity index (χ4v) is 2.99. The molecular weight excluding hydrogens is 184 g/mol. The standard InChI is InChI=1S/C13H18N2/c1-10-4-2-6-12-13(10)15-9-3-5-11(15)7-8-14-12/h2,4,6,11,14H,3,5,7-9H2,1H3. The lowest BCUT2D eigenvalue weighted by molar-refractivity contribution is 0.637. The minimum atomic E-state index is 0.778. The minimum absolute atomic E-state index is 0.778. The lowest BCUT2D eigenvalue weighted by Crippen LogP contribution is -2.29. The Labute approximate surface area is 91.3 Å². The van der Waals surface area contributed by atoms with E-state index in [1.54, 1.807) is 0 Å². The maximum Gasteiger partial charge on any atom is 0.0634 e. The minimum Gasteiger partial charge on any atom is -0.383 e. The molecule has 2 heteroatoms. The van der Waals surface area contributed by atoms with E-state index < -0.39 is 0 Å². The number of para-hydroxylation sites is 1. The largest absolute Gasteiger partial charge is 0.383 e. The Morgan fingerprint density at radius 2 is 2.27 bits per heavy atom. The second-order valence-corrected chi connectivity index (χ2v) is 4.68. The van der Waals surface area contributed by atoms with Crippen LogP contribution in [0.2, 0.25) is 0 Å². The maximum atomic E-state index is 3.55. The smallest absolute Gasteiger partial charge is 0.0634 e. The van der Waals surface area contributed by atoms with Crippen molar-refractivity contribution in [2.75, 3.05) is 23.3 Å². The maximum absolute atomic E-state index is 3.55. The highest BCUT2D eigenvalue weighted by molar-refractivity contribution is 5.75. The summed E-state index contributed by atoms with van der Waals surface area (Å²) in [6, 6.07) is 7.36. The molecule has 0 aromatic heterocycles. The summed E-state index contributed by atoms with van der Waals surface area (Å²) in [5.74, 6) is 0. The first-order chi connectivity index (χ1) is 7.36. The zero-order valence-electron chi connectivity index (χ0n) is 9.29. The van der Waals surface area contributed by atoms with Crippen molar-refractivity contribution in [2.45, 2.75) is 32.2 Å². The number of aryl methyl sites for hydroxylation is 1. The third-order valence-corrected chi connectivity index (χ3v) is 3.70. The van der Waals surface area contributed by atoms with Crippen LogP contribution in [0.25, 0.3) is 0 Å². The summed E-state index contributed by atoms with van der Waals surface area (Å²) in [5, 5.41) is 3.55. The Kier molecular flexibility index (Phi) is 2.08. The highest BCUT2D eigenvalue weighted by Crippen LogP contribution is 2.37. The molecule has 0 radical (unpaired) electrons. The number of benzene rings is 1. The topological polar surface area (TPSA) is 15.3 Å². The van der Waals surface area contributed by atoms with E-state index in [1.165, 1.54) is 42.7 Å². The zero-order chi connectivity index (χ0) is 10.3. The Hall–Kier alpha value is -1.18. The van der Waals surface area contributed by atoms with Gasteiger partial charge in [-0.25, -0.2) is 0 Å². The molecule has 1 fully saturated rings. The molecule has 0 amide bonds. The number of fused-ring (bicyclic) bond motifs is 3. The van der Waals surface area contributed by atoms with Gasteiger partial charge in [-0.2, -0.15) is 0 Å². The normalized spacial score (nSPS) is 24.1. The Morgan fingerprint density at radius 1 is 1.33 bits per heavy atom. The van der Waals surface area contributed by atoms with Crippen molar-refractivity contribution in [1.82, 2.24) is 0 Å². The van der Waals surface area contributed by atoms with E-state index >= 15 is 0 Å².